The second kappa shape index (κ2) is 9.63. The summed E-state index contributed by atoms with van der Waals surface area (Å²) in [7, 11) is -3.60. The summed E-state index contributed by atoms with van der Waals surface area (Å²) in [6, 6.07) is 17.6. The molecule has 0 spiro atoms. The van der Waals surface area contributed by atoms with Crippen LogP contribution in [0.5, 0.6) is 0 Å². The molecule has 1 heterocycles. The number of aryl methyl sites for hydroxylation is 1. The van der Waals surface area contributed by atoms with Crippen LogP contribution in [0, 0.1) is 12.8 Å². The van der Waals surface area contributed by atoms with E-state index in [0.717, 1.165) is 30.6 Å². The topological polar surface area (TPSA) is 49.4 Å². The number of hydrogen-bond acceptors (Lipinski definition) is 3. The third-order valence-electron chi connectivity index (χ3n) is 6.84. The van der Waals surface area contributed by atoms with Gasteiger partial charge < -0.3 is 4.90 Å². The van der Waals surface area contributed by atoms with Gasteiger partial charge in [0.2, 0.25) is 10.0 Å². The minimum absolute atomic E-state index is 0.204. The summed E-state index contributed by atoms with van der Waals surface area (Å²) in [6.45, 7) is 4.27. The molecule has 2 aromatic rings. The fraction of sp³-hybridized carbons (Fsp3) is 0.520. The van der Waals surface area contributed by atoms with Gasteiger partial charge in [-0.2, -0.15) is 0 Å². The number of rotatable bonds is 6. The van der Waals surface area contributed by atoms with Gasteiger partial charge in [-0.15, -0.1) is 0 Å². The maximum absolute atomic E-state index is 13.3. The average molecular weight is 427 g/mol. The van der Waals surface area contributed by atoms with Crippen molar-refractivity contribution >= 4 is 10.0 Å². The molecule has 1 saturated heterocycles. The van der Waals surface area contributed by atoms with Gasteiger partial charge in [-0.05, 0) is 69.3 Å². The van der Waals surface area contributed by atoms with Gasteiger partial charge in [0.25, 0.3) is 0 Å². The molecule has 1 saturated carbocycles. The summed E-state index contributed by atoms with van der Waals surface area (Å²) in [6.07, 6.45) is 8.48. The van der Waals surface area contributed by atoms with Crippen LogP contribution in [-0.4, -0.2) is 32.4 Å². The molecule has 3 atom stereocenters. The summed E-state index contributed by atoms with van der Waals surface area (Å²) in [5.74, 6) is 0.291. The molecule has 2 fully saturated rings. The van der Waals surface area contributed by atoms with Gasteiger partial charge >= 0.3 is 0 Å². The third kappa shape index (κ3) is 4.96. The number of nitrogens with one attached hydrogen (secondary N) is 1. The molecule has 2 aliphatic rings. The van der Waals surface area contributed by atoms with E-state index in [9.17, 15) is 8.42 Å². The van der Waals surface area contributed by atoms with Crippen LogP contribution in [0.3, 0.4) is 0 Å². The normalized spacial score (nSPS) is 24.4. The van der Waals surface area contributed by atoms with E-state index in [1.54, 1.807) is 12.1 Å². The Morgan fingerprint density at radius 2 is 1.53 bits per heavy atom. The van der Waals surface area contributed by atoms with Crippen LogP contribution in [0.4, 0.5) is 0 Å². The zero-order valence-corrected chi connectivity index (χ0v) is 18.8. The Kier molecular flexibility index (Phi) is 6.91. The van der Waals surface area contributed by atoms with Crippen LogP contribution < -0.4 is 4.72 Å². The molecule has 4 rings (SSSR count). The molecule has 0 radical (unpaired) electrons. The van der Waals surface area contributed by atoms with Crippen LogP contribution in [0.2, 0.25) is 0 Å². The van der Waals surface area contributed by atoms with E-state index in [2.05, 4.69) is 21.8 Å². The summed E-state index contributed by atoms with van der Waals surface area (Å²) in [4.78, 5) is 2.99. The first-order valence-electron chi connectivity index (χ1n) is 11.4. The fourth-order valence-electron chi connectivity index (χ4n) is 5.25. The van der Waals surface area contributed by atoms with E-state index < -0.39 is 10.0 Å². The van der Waals surface area contributed by atoms with Crippen LogP contribution in [0.25, 0.3) is 0 Å². The molecular weight excluding hydrogens is 392 g/mol. The van der Waals surface area contributed by atoms with Crippen molar-refractivity contribution in [2.75, 3.05) is 13.1 Å². The molecule has 0 unspecified atom stereocenters. The van der Waals surface area contributed by atoms with Gasteiger partial charge in [0.05, 0.1) is 10.9 Å². The number of sulfonamides is 1. The molecule has 2 aromatic carbocycles. The smallest absolute Gasteiger partial charge is 0.241 e. The van der Waals surface area contributed by atoms with Crippen molar-refractivity contribution in [2.45, 2.75) is 68.8 Å². The highest BCUT2D eigenvalue weighted by molar-refractivity contribution is 7.89. The summed E-state index contributed by atoms with van der Waals surface area (Å²) in [5.41, 5.74) is 2.13. The van der Waals surface area contributed by atoms with Crippen molar-refractivity contribution in [2.24, 2.45) is 5.92 Å². The monoisotopic (exact) mass is 426 g/mol. The highest BCUT2D eigenvalue weighted by atomic mass is 32.2. The first kappa shape index (κ1) is 21.5. The molecule has 5 heteroatoms. The van der Waals surface area contributed by atoms with E-state index in [1.165, 1.54) is 38.5 Å². The summed E-state index contributed by atoms with van der Waals surface area (Å²) in [5, 5.41) is 0. The molecule has 0 bridgehead atoms. The second-order valence-corrected chi connectivity index (χ2v) is 10.6. The number of nitrogens with zero attached hydrogens (tertiary/aromatic N) is 1. The van der Waals surface area contributed by atoms with Crippen molar-refractivity contribution in [3.63, 3.8) is 0 Å². The van der Waals surface area contributed by atoms with Crippen molar-refractivity contribution in [1.82, 2.24) is 9.62 Å². The van der Waals surface area contributed by atoms with Gasteiger partial charge in [-0.1, -0.05) is 67.3 Å². The molecule has 0 amide bonds. The Bertz CT molecular complexity index is 906. The lowest BCUT2D eigenvalue weighted by molar-refractivity contribution is 0.0695. The maximum Gasteiger partial charge on any atom is 0.241 e. The Morgan fingerprint density at radius 3 is 2.23 bits per heavy atom. The first-order valence-corrected chi connectivity index (χ1v) is 12.9. The minimum Gasteiger partial charge on any atom is -0.300 e. The van der Waals surface area contributed by atoms with Gasteiger partial charge in [-0.3, -0.25) is 0 Å². The Hall–Kier alpha value is -1.69. The zero-order chi connectivity index (χ0) is 21.0. The van der Waals surface area contributed by atoms with Crippen LogP contribution in [0.15, 0.2) is 59.5 Å². The largest absolute Gasteiger partial charge is 0.300 e. The third-order valence-corrected chi connectivity index (χ3v) is 8.30. The molecule has 30 heavy (non-hydrogen) atoms. The SMILES string of the molecule is Cc1ccc(S(=O)(=O)N[C@@H](c2ccccc2)[C@@H]2CCCC[C@H]2N2CCCCC2)cc1. The molecule has 0 aromatic heterocycles. The standard InChI is InChI=1S/C25H34N2O2S/c1-20-14-16-22(17-15-20)30(28,29)26-25(21-10-4-2-5-11-21)23-12-6-7-13-24(23)27-18-8-3-9-19-27/h2,4-5,10-11,14-17,23-26H,3,6-9,12-13,18-19H2,1H3/t23-,24-,25+/m1/s1. The number of likely N-dealkylation sites (tertiary alicyclic amines) is 1. The molecular formula is C25H34N2O2S. The highest BCUT2D eigenvalue weighted by Crippen LogP contribution is 2.39. The molecule has 4 nitrogen and oxygen atoms in total. The maximum atomic E-state index is 13.3. The summed E-state index contributed by atoms with van der Waals surface area (Å²) >= 11 is 0. The second-order valence-electron chi connectivity index (χ2n) is 8.93. The Balaban J connectivity index is 1.66. The summed E-state index contributed by atoms with van der Waals surface area (Å²) < 4.78 is 29.8. The van der Waals surface area contributed by atoms with Crippen LogP contribution in [0.1, 0.15) is 62.1 Å². The number of hydrogen-bond donors (Lipinski definition) is 1. The van der Waals surface area contributed by atoms with E-state index in [1.807, 2.05) is 37.3 Å². The molecule has 1 aliphatic heterocycles. The van der Waals surface area contributed by atoms with Gasteiger partial charge in [-0.25, -0.2) is 13.1 Å². The van der Waals surface area contributed by atoms with E-state index in [4.69, 9.17) is 0 Å². The fourth-order valence-corrected chi connectivity index (χ4v) is 6.52. The predicted molar refractivity (Wildman–Crippen MR) is 122 cm³/mol. The lowest BCUT2D eigenvalue weighted by Crippen LogP contribution is -2.49. The average Bonchev–Trinajstić information content (AvgIpc) is 2.79. The van der Waals surface area contributed by atoms with Gasteiger partial charge in [0.15, 0.2) is 0 Å². The van der Waals surface area contributed by atoms with Crippen molar-refractivity contribution in [3.05, 3.63) is 65.7 Å². The lowest BCUT2D eigenvalue weighted by Gasteiger charge is -2.45. The van der Waals surface area contributed by atoms with Crippen molar-refractivity contribution in [3.8, 4) is 0 Å². The Labute approximate surface area is 181 Å². The van der Waals surface area contributed by atoms with E-state index in [-0.39, 0.29) is 6.04 Å². The van der Waals surface area contributed by atoms with E-state index >= 15 is 0 Å². The molecule has 1 aliphatic carbocycles. The highest BCUT2D eigenvalue weighted by Gasteiger charge is 2.38. The number of piperidine rings is 1. The molecule has 162 valence electrons. The van der Waals surface area contributed by atoms with Crippen LogP contribution >= 0.6 is 0 Å². The van der Waals surface area contributed by atoms with E-state index in [0.29, 0.717) is 16.9 Å². The molecule has 1 N–H and O–H groups in total. The first-order chi connectivity index (χ1) is 14.5. The minimum atomic E-state index is -3.60. The zero-order valence-electron chi connectivity index (χ0n) is 18.0. The van der Waals surface area contributed by atoms with Crippen LogP contribution in [-0.2, 0) is 10.0 Å². The van der Waals surface area contributed by atoms with Gasteiger partial charge in [0.1, 0.15) is 0 Å². The lowest BCUT2D eigenvalue weighted by atomic mass is 9.76. The van der Waals surface area contributed by atoms with Crippen molar-refractivity contribution in [1.29, 1.82) is 0 Å². The van der Waals surface area contributed by atoms with Crippen molar-refractivity contribution < 1.29 is 8.42 Å². The predicted octanol–water partition coefficient (Wildman–Crippen LogP) is 5.06. The Morgan fingerprint density at radius 1 is 0.867 bits per heavy atom. The van der Waals surface area contributed by atoms with Gasteiger partial charge in [0, 0.05) is 6.04 Å². The number of benzene rings is 2. The quantitative estimate of drug-likeness (QED) is 0.702.